The average Bonchev–Trinajstić information content (AvgIpc) is 3.32. The van der Waals surface area contributed by atoms with E-state index < -0.39 is 10.0 Å². The molecule has 3 aliphatic rings. The maximum absolute atomic E-state index is 12.6. The standard InChI is InChI=1S/C18H22N2O4S/c21-18-17(12-4-1-2-5-12)15-10-14(7-8-16(15)20-18)25(22,23)19-11-13-6-3-9-24-13/h7-8,10,13,19H,1-6,9,11H2,(H,20,21)/t13-/m0/s1. The Hall–Kier alpha value is -1.70. The predicted molar refractivity (Wildman–Crippen MR) is 94.6 cm³/mol. The van der Waals surface area contributed by atoms with Gasteiger partial charge in [0.2, 0.25) is 10.0 Å². The number of ether oxygens (including phenoxy) is 1. The van der Waals surface area contributed by atoms with Gasteiger partial charge < -0.3 is 10.1 Å². The zero-order valence-corrected chi connectivity index (χ0v) is 14.8. The summed E-state index contributed by atoms with van der Waals surface area (Å²) in [5, 5.41) is 2.85. The van der Waals surface area contributed by atoms with Crippen LogP contribution >= 0.6 is 0 Å². The topological polar surface area (TPSA) is 84.5 Å². The summed E-state index contributed by atoms with van der Waals surface area (Å²) < 4.78 is 33.3. The number of anilines is 1. The largest absolute Gasteiger partial charge is 0.377 e. The Bertz CT molecular complexity index is 831. The molecule has 1 atom stereocenters. The van der Waals surface area contributed by atoms with Crippen LogP contribution in [0.2, 0.25) is 0 Å². The van der Waals surface area contributed by atoms with Crippen LogP contribution < -0.4 is 10.0 Å². The Morgan fingerprint density at radius 2 is 2.00 bits per heavy atom. The summed E-state index contributed by atoms with van der Waals surface area (Å²) in [7, 11) is -3.63. The number of fused-ring (bicyclic) bond motifs is 1. The van der Waals surface area contributed by atoms with Crippen LogP contribution in [0.4, 0.5) is 5.69 Å². The number of benzene rings is 1. The number of carbonyl (C=O) groups excluding carboxylic acids is 1. The molecule has 0 unspecified atom stereocenters. The first-order valence-corrected chi connectivity index (χ1v) is 10.3. The number of allylic oxidation sites excluding steroid dienone is 1. The molecule has 1 amide bonds. The molecule has 1 aromatic rings. The first kappa shape index (κ1) is 16.8. The van der Waals surface area contributed by atoms with Gasteiger partial charge in [-0.15, -0.1) is 0 Å². The monoisotopic (exact) mass is 362 g/mol. The number of sulfonamides is 1. The molecule has 134 valence electrons. The van der Waals surface area contributed by atoms with Crippen LogP contribution in [0.1, 0.15) is 44.1 Å². The number of hydrogen-bond acceptors (Lipinski definition) is 4. The summed E-state index contributed by atoms with van der Waals surface area (Å²) in [5.41, 5.74) is 3.21. The van der Waals surface area contributed by atoms with Crippen molar-refractivity contribution in [1.82, 2.24) is 4.72 Å². The normalized spacial score (nSPS) is 23.2. The van der Waals surface area contributed by atoms with Crippen LogP contribution in [-0.4, -0.2) is 33.6 Å². The van der Waals surface area contributed by atoms with Gasteiger partial charge in [-0.05, 0) is 56.7 Å². The minimum absolute atomic E-state index is 0.0522. The molecule has 2 fully saturated rings. The number of amides is 1. The van der Waals surface area contributed by atoms with Crippen molar-refractivity contribution in [3.05, 3.63) is 29.3 Å². The summed E-state index contributed by atoms with van der Waals surface area (Å²) in [6, 6.07) is 4.83. The van der Waals surface area contributed by atoms with Gasteiger partial charge in [-0.25, -0.2) is 13.1 Å². The maximum Gasteiger partial charge on any atom is 0.256 e. The Balaban J connectivity index is 1.62. The van der Waals surface area contributed by atoms with Crippen molar-refractivity contribution in [3.8, 4) is 0 Å². The molecule has 25 heavy (non-hydrogen) atoms. The molecule has 2 aliphatic heterocycles. The fourth-order valence-corrected chi connectivity index (χ4v) is 4.90. The summed E-state index contributed by atoms with van der Waals surface area (Å²) >= 11 is 0. The lowest BCUT2D eigenvalue weighted by molar-refractivity contribution is -0.110. The Morgan fingerprint density at radius 3 is 2.72 bits per heavy atom. The second-order valence-corrected chi connectivity index (χ2v) is 8.60. The van der Waals surface area contributed by atoms with Crippen LogP contribution in [0.25, 0.3) is 5.57 Å². The van der Waals surface area contributed by atoms with Crippen LogP contribution in [0, 0.1) is 0 Å². The number of nitrogens with one attached hydrogen (secondary N) is 2. The molecule has 0 radical (unpaired) electrons. The lowest BCUT2D eigenvalue weighted by Gasteiger charge is -2.12. The second kappa shape index (κ2) is 6.55. The van der Waals surface area contributed by atoms with Crippen molar-refractivity contribution in [1.29, 1.82) is 0 Å². The molecule has 4 rings (SSSR count). The molecule has 2 heterocycles. The zero-order valence-electron chi connectivity index (χ0n) is 14.0. The van der Waals surface area contributed by atoms with E-state index in [1.54, 1.807) is 18.2 Å². The summed E-state index contributed by atoms with van der Waals surface area (Å²) in [6.07, 6.45) is 5.79. The Labute approximate surface area is 147 Å². The summed E-state index contributed by atoms with van der Waals surface area (Å²) in [4.78, 5) is 12.5. The highest BCUT2D eigenvalue weighted by Crippen LogP contribution is 2.40. The van der Waals surface area contributed by atoms with Gasteiger partial charge in [0.05, 0.1) is 11.0 Å². The Kier molecular flexibility index (Phi) is 4.39. The maximum atomic E-state index is 12.6. The van der Waals surface area contributed by atoms with Crippen LogP contribution in [-0.2, 0) is 19.6 Å². The molecule has 1 saturated carbocycles. The molecule has 2 N–H and O–H groups in total. The zero-order chi connectivity index (χ0) is 17.4. The first-order chi connectivity index (χ1) is 12.0. The number of hydrogen-bond donors (Lipinski definition) is 2. The van der Waals surface area contributed by atoms with E-state index in [1.165, 1.54) is 0 Å². The predicted octanol–water partition coefficient (Wildman–Crippen LogP) is 2.42. The molecule has 6 nitrogen and oxygen atoms in total. The SMILES string of the molecule is O=C1Nc2ccc(S(=O)(=O)NC[C@@H]3CCCO3)cc2C1=C1CCCC1. The van der Waals surface area contributed by atoms with E-state index in [9.17, 15) is 13.2 Å². The minimum Gasteiger partial charge on any atom is -0.377 e. The third kappa shape index (κ3) is 3.23. The van der Waals surface area contributed by atoms with Crippen molar-refractivity contribution < 1.29 is 17.9 Å². The van der Waals surface area contributed by atoms with Crippen molar-refractivity contribution in [2.75, 3.05) is 18.5 Å². The average molecular weight is 362 g/mol. The molecule has 1 aromatic carbocycles. The van der Waals surface area contributed by atoms with Gasteiger partial charge in [-0.3, -0.25) is 4.79 Å². The lowest BCUT2D eigenvalue weighted by Crippen LogP contribution is -2.31. The van der Waals surface area contributed by atoms with E-state index in [-0.39, 0.29) is 23.5 Å². The quantitative estimate of drug-likeness (QED) is 0.806. The van der Waals surface area contributed by atoms with Gasteiger partial charge in [0.1, 0.15) is 0 Å². The van der Waals surface area contributed by atoms with Crippen molar-refractivity contribution in [3.63, 3.8) is 0 Å². The van der Waals surface area contributed by atoms with Crippen LogP contribution in [0.5, 0.6) is 0 Å². The van der Waals surface area contributed by atoms with Gasteiger partial charge in [0, 0.05) is 30.0 Å². The molecular formula is C18H22N2O4S. The third-order valence-electron chi connectivity index (χ3n) is 5.13. The van der Waals surface area contributed by atoms with Gasteiger partial charge in [0.25, 0.3) is 5.91 Å². The summed E-state index contributed by atoms with van der Waals surface area (Å²) in [5.74, 6) is -0.117. The van der Waals surface area contributed by atoms with E-state index in [0.29, 0.717) is 23.4 Å². The molecular weight excluding hydrogens is 340 g/mol. The Morgan fingerprint density at radius 1 is 1.20 bits per heavy atom. The minimum atomic E-state index is -3.63. The highest BCUT2D eigenvalue weighted by atomic mass is 32.2. The van der Waals surface area contributed by atoms with E-state index in [2.05, 4.69) is 10.0 Å². The van der Waals surface area contributed by atoms with E-state index in [0.717, 1.165) is 44.1 Å². The second-order valence-electron chi connectivity index (χ2n) is 6.83. The highest BCUT2D eigenvalue weighted by Gasteiger charge is 2.30. The molecule has 0 spiro atoms. The molecule has 1 saturated heterocycles. The van der Waals surface area contributed by atoms with E-state index >= 15 is 0 Å². The molecule has 0 bridgehead atoms. The fraction of sp³-hybridized carbons (Fsp3) is 0.500. The molecule has 1 aliphatic carbocycles. The van der Waals surface area contributed by atoms with Crippen molar-refractivity contribution in [2.45, 2.75) is 49.5 Å². The molecule has 0 aromatic heterocycles. The summed E-state index contributed by atoms with van der Waals surface area (Å²) in [6.45, 7) is 0.973. The first-order valence-electron chi connectivity index (χ1n) is 8.84. The smallest absolute Gasteiger partial charge is 0.256 e. The van der Waals surface area contributed by atoms with Gasteiger partial charge in [-0.1, -0.05) is 5.57 Å². The van der Waals surface area contributed by atoms with Crippen LogP contribution in [0.3, 0.4) is 0 Å². The third-order valence-corrected chi connectivity index (χ3v) is 6.55. The van der Waals surface area contributed by atoms with Crippen molar-refractivity contribution in [2.24, 2.45) is 0 Å². The lowest BCUT2D eigenvalue weighted by atomic mass is 10.00. The molecule has 7 heteroatoms. The van der Waals surface area contributed by atoms with E-state index in [4.69, 9.17) is 4.74 Å². The van der Waals surface area contributed by atoms with Gasteiger partial charge in [0.15, 0.2) is 0 Å². The highest BCUT2D eigenvalue weighted by molar-refractivity contribution is 7.89. The fourth-order valence-electron chi connectivity index (χ4n) is 3.81. The number of rotatable bonds is 4. The number of carbonyl (C=O) groups is 1. The van der Waals surface area contributed by atoms with Crippen LogP contribution in [0.15, 0.2) is 28.7 Å². The van der Waals surface area contributed by atoms with Gasteiger partial charge >= 0.3 is 0 Å². The van der Waals surface area contributed by atoms with Crippen molar-refractivity contribution >= 4 is 27.2 Å². The van der Waals surface area contributed by atoms with E-state index in [1.807, 2.05) is 0 Å². The van der Waals surface area contributed by atoms with Gasteiger partial charge in [-0.2, -0.15) is 0 Å².